The molecular formula is C14H23N5. The summed E-state index contributed by atoms with van der Waals surface area (Å²) in [5.41, 5.74) is 0. The molecule has 5 rings (SSSR count). The Hall–Kier alpha value is -0.970. The molecule has 1 aromatic rings. The fourth-order valence-corrected chi connectivity index (χ4v) is 5.04. The molecule has 1 heterocycles. The number of nitrogens with one attached hydrogen (secondary N) is 1. The Bertz CT molecular complexity index is 426. The van der Waals surface area contributed by atoms with Crippen LogP contribution < -0.4 is 5.32 Å². The second-order valence-corrected chi connectivity index (χ2v) is 6.80. The van der Waals surface area contributed by atoms with Crippen LogP contribution in [0, 0.1) is 23.7 Å². The highest BCUT2D eigenvalue weighted by molar-refractivity contribution is 5.09. The number of hydrogen-bond acceptors (Lipinski definition) is 4. The van der Waals surface area contributed by atoms with Gasteiger partial charge < -0.3 is 5.32 Å². The highest BCUT2D eigenvalue weighted by Gasteiger charge is 2.50. The molecule has 0 amide bonds. The van der Waals surface area contributed by atoms with E-state index in [-0.39, 0.29) is 0 Å². The van der Waals surface area contributed by atoms with Gasteiger partial charge in [0.1, 0.15) is 0 Å². The van der Waals surface area contributed by atoms with E-state index in [2.05, 4.69) is 20.7 Å². The van der Waals surface area contributed by atoms with Gasteiger partial charge in [-0.1, -0.05) is 0 Å². The first-order chi connectivity index (χ1) is 9.33. The summed E-state index contributed by atoms with van der Waals surface area (Å²) in [6.45, 7) is 1.72. The van der Waals surface area contributed by atoms with Crippen LogP contribution in [-0.4, -0.2) is 33.8 Å². The summed E-state index contributed by atoms with van der Waals surface area (Å²) in [6, 6.07) is 0. The third-order valence-corrected chi connectivity index (χ3v) is 5.55. The van der Waals surface area contributed by atoms with Crippen molar-refractivity contribution in [3.8, 4) is 0 Å². The average molecular weight is 261 g/mol. The van der Waals surface area contributed by atoms with Gasteiger partial charge in [0.05, 0.1) is 6.54 Å². The molecule has 19 heavy (non-hydrogen) atoms. The molecule has 4 aliphatic carbocycles. The van der Waals surface area contributed by atoms with Gasteiger partial charge in [-0.3, -0.25) is 0 Å². The Morgan fingerprint density at radius 2 is 1.79 bits per heavy atom. The molecule has 5 nitrogen and oxygen atoms in total. The summed E-state index contributed by atoms with van der Waals surface area (Å²) >= 11 is 0. The SMILES string of the molecule is CNCCn1nnc(C2C3CC4CC(C3)CC2C4)n1. The average Bonchev–Trinajstić information content (AvgIpc) is 2.83. The molecule has 0 aromatic carbocycles. The largest absolute Gasteiger partial charge is 0.318 e. The molecule has 4 aliphatic rings. The van der Waals surface area contributed by atoms with E-state index in [0.717, 1.165) is 42.6 Å². The van der Waals surface area contributed by atoms with Crippen LogP contribution in [0.1, 0.15) is 43.8 Å². The van der Waals surface area contributed by atoms with Gasteiger partial charge in [0.25, 0.3) is 0 Å². The highest BCUT2D eigenvalue weighted by atomic mass is 15.6. The molecule has 4 fully saturated rings. The molecular weight excluding hydrogens is 238 g/mol. The number of aromatic nitrogens is 4. The summed E-state index contributed by atoms with van der Waals surface area (Å²) in [5, 5.41) is 16.4. The standard InChI is InChI=1S/C14H23N5/c1-15-2-3-19-17-14(16-18-19)13-11-5-9-4-10(7-11)8-12(13)6-9/h9-13,15H,2-8H2,1H3. The maximum absolute atomic E-state index is 4.65. The first-order valence-electron chi connectivity index (χ1n) is 7.75. The monoisotopic (exact) mass is 261 g/mol. The third kappa shape index (κ3) is 1.98. The van der Waals surface area contributed by atoms with Gasteiger partial charge in [-0.2, -0.15) is 4.80 Å². The fourth-order valence-electron chi connectivity index (χ4n) is 5.04. The Labute approximate surface area is 114 Å². The first kappa shape index (κ1) is 11.8. The molecule has 5 heteroatoms. The third-order valence-electron chi connectivity index (χ3n) is 5.55. The van der Waals surface area contributed by atoms with E-state index in [0.29, 0.717) is 5.92 Å². The normalized spacial score (nSPS) is 39.9. The molecule has 4 bridgehead atoms. The van der Waals surface area contributed by atoms with Gasteiger partial charge in [-0.25, -0.2) is 0 Å². The van der Waals surface area contributed by atoms with Gasteiger partial charge in [0, 0.05) is 12.5 Å². The van der Waals surface area contributed by atoms with Gasteiger partial charge >= 0.3 is 0 Å². The maximum Gasteiger partial charge on any atom is 0.178 e. The van der Waals surface area contributed by atoms with E-state index in [9.17, 15) is 0 Å². The highest BCUT2D eigenvalue weighted by Crippen LogP contribution is 2.59. The molecule has 4 saturated carbocycles. The minimum Gasteiger partial charge on any atom is -0.318 e. The van der Waals surface area contributed by atoms with Crippen molar-refractivity contribution in [3.05, 3.63) is 5.82 Å². The van der Waals surface area contributed by atoms with Crippen LogP contribution in [0.2, 0.25) is 0 Å². The minimum atomic E-state index is 0.608. The zero-order valence-electron chi connectivity index (χ0n) is 11.6. The van der Waals surface area contributed by atoms with Crippen molar-refractivity contribution < 1.29 is 0 Å². The summed E-state index contributed by atoms with van der Waals surface area (Å²) < 4.78 is 0. The number of rotatable bonds is 4. The van der Waals surface area contributed by atoms with Crippen LogP contribution in [0.4, 0.5) is 0 Å². The lowest BCUT2D eigenvalue weighted by molar-refractivity contribution is -0.00575. The molecule has 0 radical (unpaired) electrons. The van der Waals surface area contributed by atoms with E-state index in [1.807, 2.05) is 7.05 Å². The number of hydrogen-bond donors (Lipinski definition) is 1. The maximum atomic E-state index is 4.65. The minimum absolute atomic E-state index is 0.608. The fraction of sp³-hybridized carbons (Fsp3) is 0.929. The van der Waals surface area contributed by atoms with Crippen LogP contribution >= 0.6 is 0 Å². The quantitative estimate of drug-likeness (QED) is 0.891. The van der Waals surface area contributed by atoms with Crippen molar-refractivity contribution in [1.29, 1.82) is 0 Å². The van der Waals surface area contributed by atoms with Gasteiger partial charge in [0.2, 0.25) is 0 Å². The van der Waals surface area contributed by atoms with E-state index < -0.39 is 0 Å². The smallest absolute Gasteiger partial charge is 0.178 e. The molecule has 0 saturated heterocycles. The van der Waals surface area contributed by atoms with Crippen molar-refractivity contribution in [2.24, 2.45) is 23.7 Å². The molecule has 0 unspecified atom stereocenters. The molecule has 104 valence electrons. The lowest BCUT2D eigenvalue weighted by Crippen LogP contribution is -2.44. The lowest BCUT2D eigenvalue weighted by Gasteiger charge is -2.53. The summed E-state index contributed by atoms with van der Waals surface area (Å²) in [5.74, 6) is 5.36. The molecule has 0 aliphatic heterocycles. The zero-order chi connectivity index (χ0) is 12.8. The molecule has 1 aromatic heterocycles. The predicted molar refractivity (Wildman–Crippen MR) is 71.5 cm³/mol. The van der Waals surface area contributed by atoms with Crippen molar-refractivity contribution in [3.63, 3.8) is 0 Å². The van der Waals surface area contributed by atoms with Crippen molar-refractivity contribution in [2.75, 3.05) is 13.6 Å². The van der Waals surface area contributed by atoms with Gasteiger partial charge in [0.15, 0.2) is 5.82 Å². The molecule has 0 atom stereocenters. The van der Waals surface area contributed by atoms with Crippen LogP contribution in [0.5, 0.6) is 0 Å². The lowest BCUT2D eigenvalue weighted by atomic mass is 9.52. The predicted octanol–water partition coefficient (Wildman–Crippen LogP) is 1.43. The first-order valence-corrected chi connectivity index (χ1v) is 7.75. The van der Waals surface area contributed by atoms with Crippen molar-refractivity contribution in [1.82, 2.24) is 25.5 Å². The molecule has 0 spiro atoms. The van der Waals surface area contributed by atoms with Crippen LogP contribution in [0.3, 0.4) is 0 Å². The van der Waals surface area contributed by atoms with E-state index in [1.54, 1.807) is 4.80 Å². The second kappa shape index (κ2) is 4.54. The van der Waals surface area contributed by atoms with E-state index in [4.69, 9.17) is 0 Å². The van der Waals surface area contributed by atoms with Crippen LogP contribution in [0.25, 0.3) is 0 Å². The Morgan fingerprint density at radius 1 is 1.11 bits per heavy atom. The van der Waals surface area contributed by atoms with Crippen LogP contribution in [0.15, 0.2) is 0 Å². The number of nitrogens with zero attached hydrogens (tertiary/aromatic N) is 4. The van der Waals surface area contributed by atoms with Crippen LogP contribution in [-0.2, 0) is 6.54 Å². The van der Waals surface area contributed by atoms with Gasteiger partial charge in [-0.05, 0) is 68.0 Å². The molecule has 1 N–H and O–H groups in total. The van der Waals surface area contributed by atoms with E-state index in [1.165, 1.54) is 32.1 Å². The zero-order valence-corrected chi connectivity index (χ0v) is 11.6. The summed E-state index contributed by atoms with van der Waals surface area (Å²) in [4.78, 5) is 1.76. The van der Waals surface area contributed by atoms with E-state index >= 15 is 0 Å². The van der Waals surface area contributed by atoms with Crippen molar-refractivity contribution in [2.45, 2.75) is 44.6 Å². The van der Waals surface area contributed by atoms with Crippen molar-refractivity contribution >= 4 is 0 Å². The summed E-state index contributed by atoms with van der Waals surface area (Å²) in [7, 11) is 1.95. The Kier molecular flexibility index (Phi) is 2.83. The Balaban J connectivity index is 1.54. The van der Waals surface area contributed by atoms with Gasteiger partial charge in [-0.15, -0.1) is 10.2 Å². The summed E-state index contributed by atoms with van der Waals surface area (Å²) in [6.07, 6.45) is 7.18. The topological polar surface area (TPSA) is 55.6 Å². The number of likely N-dealkylation sites (N-methyl/N-ethyl adjacent to an activating group) is 1. The second-order valence-electron chi connectivity index (χ2n) is 6.80. The number of tetrazole rings is 1. The Morgan fingerprint density at radius 3 is 2.42 bits per heavy atom.